The molecular formula is C23H32N2O2. The molecule has 0 saturated carbocycles. The summed E-state index contributed by atoms with van der Waals surface area (Å²) in [4.78, 5) is 15.6. The average molecular weight is 369 g/mol. The molecule has 0 bridgehead atoms. The maximum atomic E-state index is 13.3. The number of rotatable bonds is 8. The Morgan fingerprint density at radius 2 is 1.70 bits per heavy atom. The lowest BCUT2D eigenvalue weighted by Crippen LogP contribution is -2.54. The number of nitrogens with one attached hydrogen (secondary N) is 1. The van der Waals surface area contributed by atoms with Gasteiger partial charge in [0.15, 0.2) is 0 Å². The summed E-state index contributed by atoms with van der Waals surface area (Å²) < 4.78 is 5.45. The molecule has 2 aromatic rings. The van der Waals surface area contributed by atoms with E-state index in [0.29, 0.717) is 11.3 Å². The molecule has 1 unspecified atom stereocenters. The van der Waals surface area contributed by atoms with Gasteiger partial charge in [0.2, 0.25) is 0 Å². The minimum atomic E-state index is -0.188. The Bertz CT molecular complexity index is 752. The van der Waals surface area contributed by atoms with Gasteiger partial charge < -0.3 is 15.0 Å². The van der Waals surface area contributed by atoms with Crippen molar-refractivity contribution in [2.24, 2.45) is 0 Å². The number of hydrogen-bond acceptors (Lipinski definition) is 3. The molecule has 27 heavy (non-hydrogen) atoms. The van der Waals surface area contributed by atoms with E-state index in [1.807, 2.05) is 43.3 Å². The Hall–Kier alpha value is -2.33. The first-order valence-electron chi connectivity index (χ1n) is 9.58. The standard InChI is InChI=1S/C23H32N2O2/c1-7-23(8-2,25(4)5)21(18-14-10-9-11-15-18)24-22(26)20-17(3)13-12-16-19(20)27-6/h9-16,21H,7-8H2,1-6H3,(H,24,26). The first-order chi connectivity index (χ1) is 12.9. The molecule has 2 rings (SSSR count). The van der Waals surface area contributed by atoms with Gasteiger partial charge in [0.05, 0.1) is 18.7 Å². The molecule has 0 aliphatic carbocycles. The van der Waals surface area contributed by atoms with Crippen molar-refractivity contribution in [2.75, 3.05) is 21.2 Å². The summed E-state index contributed by atoms with van der Waals surface area (Å²) in [6.07, 6.45) is 1.84. The van der Waals surface area contributed by atoms with E-state index in [1.165, 1.54) is 0 Å². The SMILES string of the molecule is CCC(CC)(C(NC(=O)c1c(C)cccc1OC)c1ccccc1)N(C)C. The van der Waals surface area contributed by atoms with Crippen molar-refractivity contribution in [3.8, 4) is 5.75 Å². The molecule has 4 nitrogen and oxygen atoms in total. The van der Waals surface area contributed by atoms with Gasteiger partial charge in [-0.25, -0.2) is 0 Å². The molecule has 146 valence electrons. The van der Waals surface area contributed by atoms with Crippen molar-refractivity contribution >= 4 is 5.91 Å². The third-order valence-electron chi connectivity index (χ3n) is 5.74. The summed E-state index contributed by atoms with van der Waals surface area (Å²) in [6.45, 7) is 6.30. The summed E-state index contributed by atoms with van der Waals surface area (Å²) >= 11 is 0. The Labute approximate surface area is 163 Å². The lowest BCUT2D eigenvalue weighted by molar-refractivity contribution is 0.0700. The fourth-order valence-corrected chi connectivity index (χ4v) is 4.03. The molecule has 0 aromatic heterocycles. The highest BCUT2D eigenvalue weighted by molar-refractivity contribution is 5.98. The van der Waals surface area contributed by atoms with Gasteiger partial charge in [0.25, 0.3) is 5.91 Å². The van der Waals surface area contributed by atoms with Crippen LogP contribution in [0.3, 0.4) is 0 Å². The summed E-state index contributed by atoms with van der Waals surface area (Å²) in [5.74, 6) is 0.495. The number of hydrogen-bond donors (Lipinski definition) is 1. The van der Waals surface area contributed by atoms with Crippen LogP contribution >= 0.6 is 0 Å². The summed E-state index contributed by atoms with van der Waals surface area (Å²) in [7, 11) is 5.77. The number of aryl methyl sites for hydroxylation is 1. The second-order valence-corrected chi connectivity index (χ2v) is 7.17. The highest BCUT2D eigenvalue weighted by Crippen LogP contribution is 2.36. The quantitative estimate of drug-likeness (QED) is 0.741. The van der Waals surface area contributed by atoms with Gasteiger partial charge in [-0.15, -0.1) is 0 Å². The predicted octanol–water partition coefficient (Wildman–Crippen LogP) is 4.60. The zero-order chi connectivity index (χ0) is 20.0. The number of methoxy groups -OCH3 is 1. The molecule has 4 heteroatoms. The maximum Gasteiger partial charge on any atom is 0.255 e. The van der Waals surface area contributed by atoms with Crippen molar-refractivity contribution in [1.29, 1.82) is 0 Å². The number of ether oxygens (including phenoxy) is 1. The van der Waals surface area contributed by atoms with Crippen LogP contribution in [0.4, 0.5) is 0 Å². The van der Waals surface area contributed by atoms with Gasteiger partial charge >= 0.3 is 0 Å². The van der Waals surface area contributed by atoms with Crippen molar-refractivity contribution in [3.05, 3.63) is 65.2 Å². The third kappa shape index (κ3) is 4.16. The highest BCUT2D eigenvalue weighted by atomic mass is 16.5. The summed E-state index contributed by atoms with van der Waals surface area (Å²) in [5, 5.41) is 3.33. The van der Waals surface area contributed by atoms with Crippen molar-refractivity contribution < 1.29 is 9.53 Å². The number of likely N-dealkylation sites (N-methyl/N-ethyl adjacent to an activating group) is 1. The van der Waals surface area contributed by atoms with Gasteiger partial charge in [0.1, 0.15) is 5.75 Å². The fourth-order valence-electron chi connectivity index (χ4n) is 4.03. The Morgan fingerprint density at radius 3 is 2.22 bits per heavy atom. The molecule has 0 aliphatic heterocycles. The van der Waals surface area contributed by atoms with Gasteiger partial charge in [-0.2, -0.15) is 0 Å². The molecule has 0 spiro atoms. The maximum absolute atomic E-state index is 13.3. The van der Waals surface area contributed by atoms with E-state index in [4.69, 9.17) is 4.74 Å². The molecule has 0 fully saturated rings. The Balaban J connectivity index is 2.52. The average Bonchev–Trinajstić information content (AvgIpc) is 2.68. The van der Waals surface area contributed by atoms with Crippen LogP contribution in [0.25, 0.3) is 0 Å². The Morgan fingerprint density at radius 1 is 1.07 bits per heavy atom. The van der Waals surface area contributed by atoms with Crippen LogP contribution in [0.1, 0.15) is 54.2 Å². The topological polar surface area (TPSA) is 41.6 Å². The normalized spacial score (nSPS) is 12.7. The second-order valence-electron chi connectivity index (χ2n) is 7.17. The zero-order valence-corrected chi connectivity index (χ0v) is 17.4. The van der Waals surface area contributed by atoms with Gasteiger partial charge in [0, 0.05) is 5.54 Å². The number of amides is 1. The largest absolute Gasteiger partial charge is 0.496 e. The van der Waals surface area contributed by atoms with E-state index in [1.54, 1.807) is 7.11 Å². The van der Waals surface area contributed by atoms with Gasteiger partial charge in [-0.05, 0) is 51.1 Å². The van der Waals surface area contributed by atoms with Gasteiger partial charge in [-0.1, -0.05) is 56.3 Å². The van der Waals surface area contributed by atoms with Crippen LogP contribution in [0.2, 0.25) is 0 Å². The predicted molar refractivity (Wildman–Crippen MR) is 111 cm³/mol. The third-order valence-corrected chi connectivity index (χ3v) is 5.74. The molecule has 0 heterocycles. The van der Waals surface area contributed by atoms with Crippen LogP contribution in [0.5, 0.6) is 5.75 Å². The zero-order valence-electron chi connectivity index (χ0n) is 17.4. The molecule has 0 radical (unpaired) electrons. The van der Waals surface area contributed by atoms with E-state index in [0.717, 1.165) is 24.0 Å². The van der Waals surface area contributed by atoms with E-state index in [9.17, 15) is 4.79 Å². The van der Waals surface area contributed by atoms with Crippen LogP contribution in [-0.4, -0.2) is 37.6 Å². The number of benzene rings is 2. The van der Waals surface area contributed by atoms with Crippen molar-refractivity contribution in [1.82, 2.24) is 10.2 Å². The minimum absolute atomic E-state index is 0.105. The van der Waals surface area contributed by atoms with Crippen LogP contribution < -0.4 is 10.1 Å². The van der Waals surface area contributed by atoms with Gasteiger partial charge in [-0.3, -0.25) is 4.79 Å². The smallest absolute Gasteiger partial charge is 0.255 e. The van der Waals surface area contributed by atoms with Crippen molar-refractivity contribution in [3.63, 3.8) is 0 Å². The summed E-state index contributed by atoms with van der Waals surface area (Å²) in [6, 6.07) is 15.8. The van der Waals surface area contributed by atoms with Crippen LogP contribution in [0.15, 0.2) is 48.5 Å². The minimum Gasteiger partial charge on any atom is -0.496 e. The number of nitrogens with zero attached hydrogens (tertiary/aromatic N) is 1. The van der Waals surface area contributed by atoms with E-state index in [-0.39, 0.29) is 17.5 Å². The fraction of sp³-hybridized carbons (Fsp3) is 0.435. The summed E-state index contributed by atoms with van der Waals surface area (Å²) in [5.41, 5.74) is 2.42. The van der Waals surface area contributed by atoms with Crippen molar-refractivity contribution in [2.45, 2.75) is 45.2 Å². The molecule has 2 aromatic carbocycles. The first-order valence-corrected chi connectivity index (χ1v) is 9.58. The Kier molecular flexibility index (Phi) is 7.03. The second kappa shape index (κ2) is 9.05. The number of carbonyl (C=O) groups excluding carboxylic acids is 1. The van der Waals surface area contributed by atoms with E-state index >= 15 is 0 Å². The molecule has 0 aliphatic rings. The molecule has 1 amide bonds. The van der Waals surface area contributed by atoms with Crippen LogP contribution in [0, 0.1) is 6.92 Å². The monoisotopic (exact) mass is 368 g/mol. The number of carbonyl (C=O) groups is 1. The molecular weight excluding hydrogens is 336 g/mol. The lowest BCUT2D eigenvalue weighted by atomic mass is 9.79. The van der Waals surface area contributed by atoms with Crippen LogP contribution in [-0.2, 0) is 0 Å². The molecule has 0 saturated heterocycles. The van der Waals surface area contributed by atoms with E-state index in [2.05, 4.69) is 50.3 Å². The van der Waals surface area contributed by atoms with E-state index < -0.39 is 0 Å². The molecule has 1 N–H and O–H groups in total. The lowest BCUT2D eigenvalue weighted by Gasteiger charge is -2.45. The highest BCUT2D eigenvalue weighted by Gasteiger charge is 2.40. The first kappa shape index (κ1) is 21.0. The molecule has 1 atom stereocenters.